The Morgan fingerprint density at radius 3 is 2.11 bits per heavy atom. The Bertz CT molecular complexity index is 1390. The van der Waals surface area contributed by atoms with E-state index in [1.165, 1.54) is 41.6 Å². The number of sulfonamides is 1. The predicted octanol–water partition coefficient (Wildman–Crippen LogP) is 2.70. The molecule has 2 aromatic rings. The van der Waals surface area contributed by atoms with Crippen LogP contribution >= 0.6 is 0 Å². The monoisotopic (exact) mass is 539 g/mol. The zero-order chi connectivity index (χ0) is 27.3. The molecule has 10 nitrogen and oxygen atoms in total. The molecule has 0 radical (unpaired) electrons. The largest absolute Gasteiger partial charge is 0.495 e. The van der Waals surface area contributed by atoms with Crippen molar-refractivity contribution in [3.05, 3.63) is 84.2 Å². The summed E-state index contributed by atoms with van der Waals surface area (Å²) in [7, 11) is 0.292. The van der Waals surface area contributed by atoms with Gasteiger partial charge in [0.05, 0.1) is 37.5 Å². The maximum absolute atomic E-state index is 13.4. The van der Waals surface area contributed by atoms with Crippen molar-refractivity contribution in [1.82, 2.24) is 4.31 Å². The van der Waals surface area contributed by atoms with Crippen molar-refractivity contribution in [3.63, 3.8) is 0 Å². The number of hydrogen-bond acceptors (Lipinski definition) is 9. The van der Waals surface area contributed by atoms with Gasteiger partial charge >= 0.3 is 11.9 Å². The molecule has 2 aliphatic heterocycles. The second-order valence-electron chi connectivity index (χ2n) is 8.37. The molecule has 0 aliphatic carbocycles. The first-order valence-electron chi connectivity index (χ1n) is 11.8. The van der Waals surface area contributed by atoms with Crippen molar-refractivity contribution in [2.24, 2.45) is 0 Å². The fourth-order valence-electron chi connectivity index (χ4n) is 4.35. The quantitative estimate of drug-likeness (QED) is 0.491. The number of nitrogens with zero attached hydrogens (tertiary/aromatic N) is 3. The molecular weight excluding hydrogens is 510 g/mol. The number of methoxy groups -OCH3 is 3. The van der Waals surface area contributed by atoms with Gasteiger partial charge in [0.2, 0.25) is 10.0 Å². The van der Waals surface area contributed by atoms with E-state index in [1.54, 1.807) is 37.6 Å². The van der Waals surface area contributed by atoms with E-state index < -0.39 is 22.0 Å². The van der Waals surface area contributed by atoms with E-state index in [0.29, 0.717) is 31.9 Å². The van der Waals surface area contributed by atoms with Crippen molar-refractivity contribution in [2.45, 2.75) is 4.90 Å². The standard InChI is InChI=1S/C27H29N3O7S/c1-35-24-10-5-4-9-23(24)28-16-18-29(19-17-28)38(33,34)21-13-11-20(12-14-21)30-15-7-6-8-22(26(31)36-2)25(30)27(32)37-3/h4-15H,16-19H2,1-3H3. The summed E-state index contributed by atoms with van der Waals surface area (Å²) in [5.41, 5.74) is 1.35. The summed E-state index contributed by atoms with van der Waals surface area (Å²) in [6, 6.07) is 13.8. The van der Waals surface area contributed by atoms with Crippen molar-refractivity contribution in [1.29, 1.82) is 0 Å². The molecule has 1 saturated heterocycles. The zero-order valence-corrected chi connectivity index (χ0v) is 22.2. The van der Waals surface area contributed by atoms with Crippen LogP contribution in [0.3, 0.4) is 0 Å². The van der Waals surface area contributed by atoms with E-state index in [4.69, 9.17) is 14.2 Å². The lowest BCUT2D eigenvalue weighted by atomic mass is 10.1. The zero-order valence-electron chi connectivity index (χ0n) is 21.4. The minimum atomic E-state index is -3.75. The van der Waals surface area contributed by atoms with Gasteiger partial charge in [-0.05, 0) is 48.6 Å². The minimum absolute atomic E-state index is 0.00830. The summed E-state index contributed by atoms with van der Waals surface area (Å²) in [5.74, 6) is -0.707. The van der Waals surface area contributed by atoms with Crippen LogP contribution in [-0.2, 0) is 29.1 Å². The number of rotatable bonds is 7. The molecule has 0 saturated carbocycles. The van der Waals surface area contributed by atoms with E-state index in [9.17, 15) is 18.0 Å². The number of piperazine rings is 1. The van der Waals surface area contributed by atoms with Gasteiger partial charge in [-0.25, -0.2) is 18.0 Å². The van der Waals surface area contributed by atoms with Gasteiger partial charge in [0, 0.05) is 38.1 Å². The van der Waals surface area contributed by atoms with Gasteiger partial charge < -0.3 is 24.0 Å². The van der Waals surface area contributed by atoms with Crippen LogP contribution in [0.5, 0.6) is 5.75 Å². The van der Waals surface area contributed by atoms with Crippen LogP contribution in [0, 0.1) is 0 Å². The fraction of sp³-hybridized carbons (Fsp3) is 0.259. The maximum Gasteiger partial charge on any atom is 0.355 e. The molecule has 11 heteroatoms. The Morgan fingerprint density at radius 2 is 1.47 bits per heavy atom. The number of anilines is 2. The highest BCUT2D eigenvalue weighted by atomic mass is 32.2. The van der Waals surface area contributed by atoms with Crippen LogP contribution in [0.15, 0.2) is 89.1 Å². The molecule has 0 atom stereocenters. The Kier molecular flexibility index (Phi) is 8.18. The van der Waals surface area contributed by atoms with Gasteiger partial charge in [0.25, 0.3) is 0 Å². The second kappa shape index (κ2) is 11.5. The maximum atomic E-state index is 13.4. The average Bonchev–Trinajstić information content (AvgIpc) is 3.19. The highest BCUT2D eigenvalue weighted by Crippen LogP contribution is 2.31. The van der Waals surface area contributed by atoms with Crippen molar-refractivity contribution < 1.29 is 32.2 Å². The van der Waals surface area contributed by atoms with Gasteiger partial charge in [-0.1, -0.05) is 18.2 Å². The molecule has 38 heavy (non-hydrogen) atoms. The molecule has 0 unspecified atom stereocenters. The number of esters is 2. The first-order valence-corrected chi connectivity index (χ1v) is 13.3. The molecule has 4 rings (SSSR count). The molecule has 200 valence electrons. The number of benzene rings is 2. The third kappa shape index (κ3) is 5.29. The lowest BCUT2D eigenvalue weighted by Gasteiger charge is -2.36. The van der Waals surface area contributed by atoms with E-state index in [2.05, 4.69) is 4.90 Å². The van der Waals surface area contributed by atoms with Gasteiger partial charge in [-0.15, -0.1) is 0 Å². The molecular formula is C27H29N3O7S. The first-order chi connectivity index (χ1) is 18.3. The number of para-hydroxylation sites is 2. The summed E-state index contributed by atoms with van der Waals surface area (Å²) in [6.07, 6.45) is 6.28. The van der Waals surface area contributed by atoms with Crippen LogP contribution in [-0.4, -0.2) is 72.2 Å². The molecule has 2 aromatic carbocycles. The van der Waals surface area contributed by atoms with E-state index >= 15 is 0 Å². The smallest absolute Gasteiger partial charge is 0.355 e. The Labute approximate surface area is 222 Å². The molecule has 2 aliphatic rings. The average molecular weight is 540 g/mol. The third-order valence-electron chi connectivity index (χ3n) is 6.31. The normalized spacial score (nSPS) is 16.3. The lowest BCUT2D eigenvalue weighted by molar-refractivity contribution is -0.139. The summed E-state index contributed by atoms with van der Waals surface area (Å²) in [5, 5.41) is 0. The number of ether oxygens (including phenoxy) is 3. The predicted molar refractivity (Wildman–Crippen MR) is 142 cm³/mol. The minimum Gasteiger partial charge on any atom is -0.495 e. The van der Waals surface area contributed by atoms with Crippen LogP contribution in [0.4, 0.5) is 11.4 Å². The number of hydrogen-bond donors (Lipinski definition) is 0. The van der Waals surface area contributed by atoms with Gasteiger partial charge in [0.1, 0.15) is 11.4 Å². The molecule has 0 spiro atoms. The van der Waals surface area contributed by atoms with E-state index in [-0.39, 0.29) is 16.2 Å². The van der Waals surface area contributed by atoms with Crippen molar-refractivity contribution in [3.8, 4) is 5.75 Å². The van der Waals surface area contributed by atoms with E-state index in [1.807, 2.05) is 24.3 Å². The van der Waals surface area contributed by atoms with Crippen molar-refractivity contribution >= 4 is 33.3 Å². The highest BCUT2D eigenvalue weighted by Gasteiger charge is 2.31. The molecule has 0 N–H and O–H groups in total. The van der Waals surface area contributed by atoms with Crippen molar-refractivity contribution in [2.75, 3.05) is 57.3 Å². The Hall–Kier alpha value is -4.09. The number of carbonyl (C=O) groups is 2. The fourth-order valence-corrected chi connectivity index (χ4v) is 5.78. The Morgan fingerprint density at radius 1 is 0.816 bits per heavy atom. The first kappa shape index (κ1) is 27.0. The van der Waals surface area contributed by atoms with Crippen LogP contribution < -0.4 is 14.5 Å². The summed E-state index contributed by atoms with van der Waals surface area (Å²) in [6.45, 7) is 1.68. The molecule has 0 bridgehead atoms. The molecule has 0 amide bonds. The van der Waals surface area contributed by atoms with Gasteiger partial charge in [-0.3, -0.25) is 0 Å². The summed E-state index contributed by atoms with van der Waals surface area (Å²) in [4.78, 5) is 28.7. The summed E-state index contributed by atoms with van der Waals surface area (Å²) >= 11 is 0. The third-order valence-corrected chi connectivity index (χ3v) is 8.22. The lowest BCUT2D eigenvalue weighted by Crippen LogP contribution is -2.48. The van der Waals surface area contributed by atoms with Gasteiger partial charge in [-0.2, -0.15) is 4.31 Å². The number of carbonyl (C=O) groups excluding carboxylic acids is 2. The highest BCUT2D eigenvalue weighted by molar-refractivity contribution is 7.89. The SMILES string of the molecule is COC(=O)C1=C(C(=O)OC)N(c2ccc(S(=O)(=O)N3CCN(c4ccccc4OC)CC3)cc2)C=CC=C1. The second-order valence-corrected chi connectivity index (χ2v) is 10.3. The van der Waals surface area contributed by atoms with Crippen LogP contribution in [0.2, 0.25) is 0 Å². The summed E-state index contributed by atoms with van der Waals surface area (Å²) < 4.78 is 43.4. The van der Waals surface area contributed by atoms with Gasteiger partial charge in [0.15, 0.2) is 0 Å². The van der Waals surface area contributed by atoms with Crippen LogP contribution in [0.25, 0.3) is 0 Å². The molecule has 2 heterocycles. The molecule has 0 aromatic heterocycles. The van der Waals surface area contributed by atoms with Crippen LogP contribution in [0.1, 0.15) is 0 Å². The topological polar surface area (TPSA) is 106 Å². The van der Waals surface area contributed by atoms with E-state index in [0.717, 1.165) is 11.4 Å². The molecule has 1 fully saturated rings. The number of allylic oxidation sites excluding steroid dienone is 2. The Balaban J connectivity index is 1.56.